The monoisotopic (exact) mass is 436 g/mol. The van der Waals surface area contributed by atoms with Crippen molar-refractivity contribution < 1.29 is 22.5 Å². The highest BCUT2D eigenvalue weighted by molar-refractivity contribution is 7.13. The molecule has 6 nitrogen and oxygen atoms in total. The molecule has 1 aliphatic heterocycles. The summed E-state index contributed by atoms with van der Waals surface area (Å²) in [6.45, 7) is 2.62. The van der Waals surface area contributed by atoms with Crippen LogP contribution >= 0.6 is 11.3 Å². The normalized spacial score (nSPS) is 17.3. The summed E-state index contributed by atoms with van der Waals surface area (Å²) in [7, 11) is 0. The van der Waals surface area contributed by atoms with Gasteiger partial charge in [-0.2, -0.15) is 13.2 Å². The number of aryl methyl sites for hydroxylation is 1. The number of amides is 1. The van der Waals surface area contributed by atoms with Crippen LogP contribution in [0.25, 0.3) is 10.6 Å². The average molecular weight is 436 g/mol. The smallest absolute Gasteiger partial charge is 0.351 e. The summed E-state index contributed by atoms with van der Waals surface area (Å²) in [6.07, 6.45) is -2.70. The van der Waals surface area contributed by atoms with Crippen molar-refractivity contribution in [1.29, 1.82) is 0 Å². The fourth-order valence-electron chi connectivity index (χ4n) is 3.45. The molecule has 1 fully saturated rings. The minimum Gasteiger partial charge on any atom is -0.351 e. The van der Waals surface area contributed by atoms with E-state index in [0.29, 0.717) is 36.4 Å². The van der Waals surface area contributed by atoms with E-state index >= 15 is 0 Å². The van der Waals surface area contributed by atoms with Crippen molar-refractivity contribution in [2.75, 3.05) is 13.1 Å². The van der Waals surface area contributed by atoms with Crippen LogP contribution < -0.4 is 0 Å². The van der Waals surface area contributed by atoms with Crippen LogP contribution in [-0.2, 0) is 12.6 Å². The molecule has 0 unspecified atom stereocenters. The van der Waals surface area contributed by atoms with Gasteiger partial charge in [0.15, 0.2) is 0 Å². The Bertz CT molecular complexity index is 1030. The van der Waals surface area contributed by atoms with Gasteiger partial charge in [-0.3, -0.25) is 4.79 Å². The van der Waals surface area contributed by atoms with E-state index < -0.39 is 17.8 Å². The number of aromatic nitrogens is 3. The summed E-state index contributed by atoms with van der Waals surface area (Å²) in [5.74, 6) is -0.469. The topological polar surface area (TPSA) is 72.1 Å². The van der Waals surface area contributed by atoms with Crippen LogP contribution in [0, 0.1) is 0 Å². The zero-order chi connectivity index (χ0) is 21.3. The molecule has 10 heteroatoms. The molecule has 0 bridgehead atoms. The van der Waals surface area contributed by atoms with E-state index in [9.17, 15) is 18.0 Å². The molecule has 0 aliphatic carbocycles. The van der Waals surface area contributed by atoms with Gasteiger partial charge in [0.25, 0.3) is 5.91 Å². The molecule has 4 rings (SSSR count). The summed E-state index contributed by atoms with van der Waals surface area (Å²) >= 11 is 1.32. The Labute approximate surface area is 174 Å². The number of likely N-dealkylation sites (tertiary alicyclic amines) is 1. The predicted molar refractivity (Wildman–Crippen MR) is 104 cm³/mol. The molecule has 3 aromatic heterocycles. The lowest BCUT2D eigenvalue weighted by atomic mass is 9.96. The van der Waals surface area contributed by atoms with Crippen molar-refractivity contribution in [3.8, 4) is 10.6 Å². The van der Waals surface area contributed by atoms with Crippen LogP contribution in [-0.4, -0.2) is 39.0 Å². The number of piperidine rings is 1. The third kappa shape index (κ3) is 4.23. The maximum Gasteiger partial charge on any atom is 0.433 e. The number of rotatable bonds is 4. The Hall–Kier alpha value is -2.75. The zero-order valence-electron chi connectivity index (χ0n) is 16.1. The first-order valence-electron chi connectivity index (χ1n) is 9.60. The second-order valence-corrected chi connectivity index (χ2v) is 8.05. The van der Waals surface area contributed by atoms with Crippen LogP contribution in [0.2, 0.25) is 0 Å². The van der Waals surface area contributed by atoms with E-state index in [1.165, 1.54) is 11.3 Å². The molecule has 0 N–H and O–H groups in total. The molecule has 0 aromatic carbocycles. The first-order chi connectivity index (χ1) is 14.3. The third-order valence-corrected chi connectivity index (χ3v) is 5.91. The quantitative estimate of drug-likeness (QED) is 0.588. The summed E-state index contributed by atoms with van der Waals surface area (Å²) in [4.78, 5) is 23.2. The van der Waals surface area contributed by atoms with Crippen molar-refractivity contribution in [3.63, 3.8) is 0 Å². The standard InChI is InChI=1S/C20H19F3N4O2S/c1-2-13-9-15(29-26-13)19(28)27-7-3-5-12(11-27)18-24-14(16-6-4-8-30-16)10-17(25-18)20(21,22)23/h4,6,8-10,12H,2-3,5,7,11H2,1H3/t12-/m0/s1. The van der Waals surface area contributed by atoms with Crippen molar-refractivity contribution in [2.24, 2.45) is 0 Å². The van der Waals surface area contributed by atoms with Gasteiger partial charge >= 0.3 is 6.18 Å². The molecule has 1 amide bonds. The van der Waals surface area contributed by atoms with Gasteiger partial charge in [0.05, 0.1) is 16.3 Å². The second-order valence-electron chi connectivity index (χ2n) is 7.10. The highest BCUT2D eigenvalue weighted by Gasteiger charge is 2.36. The van der Waals surface area contributed by atoms with Crippen molar-refractivity contribution in [2.45, 2.75) is 38.3 Å². The Morgan fingerprint density at radius 3 is 2.83 bits per heavy atom. The van der Waals surface area contributed by atoms with E-state index in [2.05, 4.69) is 15.1 Å². The maximum absolute atomic E-state index is 13.4. The van der Waals surface area contributed by atoms with Crippen LogP contribution in [0.1, 0.15) is 53.5 Å². The Kier molecular flexibility index (Phi) is 5.59. The van der Waals surface area contributed by atoms with Crippen LogP contribution in [0.3, 0.4) is 0 Å². The largest absolute Gasteiger partial charge is 0.433 e. The molecular weight excluding hydrogens is 417 g/mol. The lowest BCUT2D eigenvalue weighted by Crippen LogP contribution is -2.39. The Balaban J connectivity index is 1.62. The van der Waals surface area contributed by atoms with E-state index in [0.717, 1.165) is 6.07 Å². The number of alkyl halides is 3. The van der Waals surface area contributed by atoms with Crippen LogP contribution in [0.15, 0.2) is 34.2 Å². The molecular formula is C20H19F3N4O2S. The van der Waals surface area contributed by atoms with Gasteiger partial charge in [-0.15, -0.1) is 11.3 Å². The molecule has 3 aromatic rings. The number of hydrogen-bond acceptors (Lipinski definition) is 6. The molecule has 0 saturated carbocycles. The zero-order valence-corrected chi connectivity index (χ0v) is 17.0. The van der Waals surface area contributed by atoms with Gasteiger partial charge in [-0.25, -0.2) is 9.97 Å². The molecule has 1 aliphatic rings. The van der Waals surface area contributed by atoms with Gasteiger partial charge < -0.3 is 9.42 Å². The summed E-state index contributed by atoms with van der Waals surface area (Å²) < 4.78 is 45.5. The van der Waals surface area contributed by atoms with Gasteiger partial charge in [-0.05, 0) is 36.8 Å². The molecule has 4 heterocycles. The number of nitrogens with zero attached hydrogens (tertiary/aromatic N) is 4. The summed E-state index contributed by atoms with van der Waals surface area (Å²) in [6, 6.07) is 6.06. The molecule has 30 heavy (non-hydrogen) atoms. The maximum atomic E-state index is 13.4. The summed E-state index contributed by atoms with van der Waals surface area (Å²) in [5, 5.41) is 5.62. The highest BCUT2D eigenvalue weighted by Crippen LogP contribution is 2.34. The van der Waals surface area contributed by atoms with Crippen molar-refractivity contribution in [3.05, 3.63) is 52.6 Å². The fourth-order valence-corrected chi connectivity index (χ4v) is 4.14. The molecule has 158 valence electrons. The predicted octanol–water partition coefficient (Wildman–Crippen LogP) is 4.79. The lowest BCUT2D eigenvalue weighted by molar-refractivity contribution is -0.141. The van der Waals surface area contributed by atoms with E-state index in [-0.39, 0.29) is 29.7 Å². The van der Waals surface area contributed by atoms with Crippen molar-refractivity contribution >= 4 is 17.2 Å². The Morgan fingerprint density at radius 1 is 1.33 bits per heavy atom. The second kappa shape index (κ2) is 8.17. The van der Waals surface area contributed by atoms with Gasteiger partial charge in [-0.1, -0.05) is 18.1 Å². The molecule has 1 atom stereocenters. The number of carbonyl (C=O) groups excluding carboxylic acids is 1. The first-order valence-corrected chi connectivity index (χ1v) is 10.5. The SMILES string of the molecule is CCc1cc(C(=O)N2CCC[C@H](c3nc(-c4cccs4)cc(C(F)(F)F)n3)C2)on1. The molecule has 0 radical (unpaired) electrons. The average Bonchev–Trinajstić information content (AvgIpc) is 3.44. The number of halogens is 3. The number of hydrogen-bond donors (Lipinski definition) is 0. The lowest BCUT2D eigenvalue weighted by Gasteiger charge is -2.31. The van der Waals surface area contributed by atoms with E-state index in [1.807, 2.05) is 6.92 Å². The minimum absolute atomic E-state index is 0.109. The van der Waals surface area contributed by atoms with Gasteiger partial charge in [0.1, 0.15) is 11.5 Å². The summed E-state index contributed by atoms with van der Waals surface area (Å²) in [5.41, 5.74) is -0.0514. The van der Waals surface area contributed by atoms with Gasteiger partial charge in [0, 0.05) is 25.1 Å². The van der Waals surface area contributed by atoms with Crippen LogP contribution in [0.5, 0.6) is 0 Å². The fraction of sp³-hybridized carbons (Fsp3) is 0.400. The highest BCUT2D eigenvalue weighted by atomic mass is 32.1. The Morgan fingerprint density at radius 2 is 2.17 bits per heavy atom. The van der Waals surface area contributed by atoms with Gasteiger partial charge in [0.2, 0.25) is 5.76 Å². The minimum atomic E-state index is -4.58. The van der Waals surface area contributed by atoms with Crippen molar-refractivity contribution in [1.82, 2.24) is 20.0 Å². The number of carbonyl (C=O) groups is 1. The molecule has 0 spiro atoms. The van der Waals surface area contributed by atoms with E-state index in [1.54, 1.807) is 28.5 Å². The molecule has 1 saturated heterocycles. The van der Waals surface area contributed by atoms with Crippen LogP contribution in [0.4, 0.5) is 13.2 Å². The first kappa shape index (κ1) is 20.5. The number of thiophene rings is 1. The van der Waals surface area contributed by atoms with E-state index in [4.69, 9.17) is 4.52 Å². The third-order valence-electron chi connectivity index (χ3n) is 5.01.